The van der Waals surface area contributed by atoms with Gasteiger partial charge in [-0.25, -0.2) is 4.79 Å². The van der Waals surface area contributed by atoms with Crippen molar-refractivity contribution in [2.24, 2.45) is 0 Å². The molecule has 0 aliphatic carbocycles. The Morgan fingerprint density at radius 1 is 1.06 bits per heavy atom. The van der Waals surface area contributed by atoms with Crippen LogP contribution in [0.3, 0.4) is 0 Å². The lowest BCUT2D eigenvalue weighted by Gasteiger charge is -2.25. The van der Waals surface area contributed by atoms with E-state index in [-0.39, 0.29) is 29.7 Å². The molecule has 0 bridgehead atoms. The standard InChI is InChI=1S/C19H28N2O10/c1-19(12-22,13-23)20-16(24)11-29-18(26)14-7-4-5-8-15(14)31-17(25)9-3-2-6-10-30-21(27)28/h4-5,7-8,22-23,27-28H,2-3,6,9-13H2,1H3,(H,20,24). The van der Waals surface area contributed by atoms with E-state index in [0.717, 1.165) is 0 Å². The molecule has 31 heavy (non-hydrogen) atoms. The highest BCUT2D eigenvalue weighted by Crippen LogP contribution is 2.20. The molecule has 0 aliphatic heterocycles. The predicted octanol–water partition coefficient (Wildman–Crippen LogP) is 0.181. The summed E-state index contributed by atoms with van der Waals surface area (Å²) < 4.78 is 10.1. The third-order valence-electron chi connectivity index (χ3n) is 4.04. The Morgan fingerprint density at radius 3 is 2.39 bits per heavy atom. The molecule has 5 N–H and O–H groups in total. The molecule has 12 nitrogen and oxygen atoms in total. The second-order valence-corrected chi connectivity index (χ2v) is 6.87. The lowest BCUT2D eigenvalue weighted by molar-refractivity contribution is -0.492. The van der Waals surface area contributed by atoms with Crippen LogP contribution in [0.15, 0.2) is 24.3 Å². The highest BCUT2D eigenvalue weighted by Gasteiger charge is 2.25. The first kappa shape index (κ1) is 26.4. The van der Waals surface area contributed by atoms with E-state index in [4.69, 9.17) is 19.9 Å². The van der Waals surface area contributed by atoms with E-state index in [1.54, 1.807) is 6.07 Å². The highest BCUT2D eigenvalue weighted by atomic mass is 17.1. The van der Waals surface area contributed by atoms with Crippen molar-refractivity contribution in [1.29, 1.82) is 0 Å². The maximum atomic E-state index is 12.3. The first-order valence-corrected chi connectivity index (χ1v) is 9.51. The first-order valence-electron chi connectivity index (χ1n) is 9.51. The number of nitrogens with one attached hydrogen (secondary N) is 1. The van der Waals surface area contributed by atoms with E-state index in [1.807, 2.05) is 0 Å². The van der Waals surface area contributed by atoms with Gasteiger partial charge in [0.05, 0.1) is 30.7 Å². The fourth-order valence-electron chi connectivity index (χ4n) is 2.30. The summed E-state index contributed by atoms with van der Waals surface area (Å²) in [6, 6.07) is 5.89. The molecule has 1 amide bonds. The minimum Gasteiger partial charge on any atom is -0.452 e. The zero-order valence-corrected chi connectivity index (χ0v) is 17.2. The Labute approximate surface area is 178 Å². The number of carbonyl (C=O) groups is 3. The Bertz CT molecular complexity index is 721. The number of esters is 2. The van der Waals surface area contributed by atoms with Gasteiger partial charge in [0.25, 0.3) is 5.91 Å². The van der Waals surface area contributed by atoms with Crippen LogP contribution in [0, 0.1) is 0 Å². The number of amides is 1. The van der Waals surface area contributed by atoms with E-state index < -0.39 is 43.2 Å². The van der Waals surface area contributed by atoms with E-state index in [2.05, 4.69) is 10.2 Å². The lowest BCUT2D eigenvalue weighted by Crippen LogP contribution is -2.52. The van der Waals surface area contributed by atoms with Gasteiger partial charge in [0, 0.05) is 6.42 Å². The van der Waals surface area contributed by atoms with Gasteiger partial charge in [-0.15, -0.1) is 0 Å². The number of nitrogens with zero attached hydrogens (tertiary/aromatic N) is 1. The molecule has 0 atom stereocenters. The van der Waals surface area contributed by atoms with Crippen molar-refractivity contribution in [3.63, 3.8) is 0 Å². The molecule has 0 radical (unpaired) electrons. The maximum absolute atomic E-state index is 12.3. The summed E-state index contributed by atoms with van der Waals surface area (Å²) in [5.74, 6) is -2.20. The number of ether oxygens (including phenoxy) is 2. The van der Waals surface area contributed by atoms with Gasteiger partial charge in [0.15, 0.2) is 6.61 Å². The van der Waals surface area contributed by atoms with Gasteiger partial charge in [0.1, 0.15) is 11.3 Å². The molecule has 0 heterocycles. The van der Waals surface area contributed by atoms with Gasteiger partial charge in [-0.3, -0.25) is 24.8 Å². The quantitative estimate of drug-likeness (QED) is 0.115. The predicted molar refractivity (Wildman–Crippen MR) is 103 cm³/mol. The van der Waals surface area contributed by atoms with Crippen molar-refractivity contribution in [3.8, 4) is 5.75 Å². The summed E-state index contributed by atoms with van der Waals surface area (Å²) in [4.78, 5) is 40.6. The molecule has 0 unspecified atom stereocenters. The van der Waals surface area contributed by atoms with E-state index >= 15 is 0 Å². The van der Waals surface area contributed by atoms with Crippen molar-refractivity contribution < 1.29 is 49.3 Å². The van der Waals surface area contributed by atoms with E-state index in [9.17, 15) is 24.6 Å². The normalized spacial score (nSPS) is 11.3. The van der Waals surface area contributed by atoms with Crippen molar-refractivity contribution in [3.05, 3.63) is 29.8 Å². The Balaban J connectivity index is 2.52. The molecule has 0 saturated heterocycles. The van der Waals surface area contributed by atoms with Gasteiger partial charge in [-0.05, 0) is 31.9 Å². The summed E-state index contributed by atoms with van der Waals surface area (Å²) in [5.41, 5.74) is -1.30. The molecule has 0 aromatic heterocycles. The van der Waals surface area contributed by atoms with Crippen LogP contribution in [0.1, 0.15) is 43.0 Å². The van der Waals surface area contributed by atoms with Crippen LogP contribution >= 0.6 is 0 Å². The topological polar surface area (TPSA) is 175 Å². The SMILES string of the molecule is CC(CO)(CO)NC(=O)COC(=O)c1ccccc1OC(=O)CCCCCON(O)O. The molecule has 0 spiro atoms. The summed E-state index contributed by atoms with van der Waals surface area (Å²) in [6.07, 6.45) is 1.58. The van der Waals surface area contributed by atoms with Crippen molar-refractivity contribution in [1.82, 2.24) is 10.7 Å². The Hall–Kier alpha value is -2.61. The third-order valence-corrected chi connectivity index (χ3v) is 4.04. The molecule has 1 aromatic carbocycles. The largest absolute Gasteiger partial charge is 0.452 e. The van der Waals surface area contributed by atoms with Crippen LogP contribution in [0.2, 0.25) is 0 Å². The molecule has 12 heteroatoms. The number of para-hydroxylation sites is 1. The Morgan fingerprint density at radius 2 is 1.74 bits per heavy atom. The van der Waals surface area contributed by atoms with Crippen LogP contribution in [0.25, 0.3) is 0 Å². The summed E-state index contributed by atoms with van der Waals surface area (Å²) in [6.45, 7) is -0.174. The first-order chi connectivity index (χ1) is 14.7. The zero-order chi connectivity index (χ0) is 23.3. The Kier molecular flexibility index (Phi) is 11.6. The second kappa shape index (κ2) is 13.6. The number of carbonyl (C=O) groups excluding carboxylic acids is 3. The fraction of sp³-hybridized carbons (Fsp3) is 0.526. The molecule has 0 fully saturated rings. The van der Waals surface area contributed by atoms with Crippen molar-refractivity contribution in [2.75, 3.05) is 26.4 Å². The molecule has 0 saturated carbocycles. The van der Waals surface area contributed by atoms with Crippen LogP contribution < -0.4 is 10.1 Å². The molecular weight excluding hydrogens is 416 g/mol. The lowest BCUT2D eigenvalue weighted by atomic mass is 10.1. The third kappa shape index (κ3) is 10.3. The van der Waals surface area contributed by atoms with Gasteiger partial charge >= 0.3 is 11.9 Å². The van der Waals surface area contributed by atoms with E-state index in [0.29, 0.717) is 19.3 Å². The molecule has 0 aliphatic rings. The number of rotatable bonds is 14. The van der Waals surface area contributed by atoms with Gasteiger partial charge in [0.2, 0.25) is 0 Å². The van der Waals surface area contributed by atoms with Crippen LogP contribution in [-0.2, 0) is 19.2 Å². The van der Waals surface area contributed by atoms with Gasteiger partial charge < -0.3 is 25.0 Å². The van der Waals surface area contributed by atoms with Crippen molar-refractivity contribution >= 4 is 17.8 Å². The molecule has 1 rings (SSSR count). The second-order valence-electron chi connectivity index (χ2n) is 6.87. The monoisotopic (exact) mass is 444 g/mol. The average Bonchev–Trinajstić information content (AvgIpc) is 2.74. The summed E-state index contributed by atoms with van der Waals surface area (Å²) in [5, 5.41) is 37.1. The molecule has 1 aromatic rings. The zero-order valence-electron chi connectivity index (χ0n) is 17.2. The smallest absolute Gasteiger partial charge is 0.342 e. The number of benzene rings is 1. The number of aliphatic hydroxyl groups is 2. The summed E-state index contributed by atoms with van der Waals surface area (Å²) >= 11 is 0. The van der Waals surface area contributed by atoms with E-state index in [1.165, 1.54) is 25.1 Å². The minimum absolute atomic E-state index is 0.0204. The fourth-order valence-corrected chi connectivity index (χ4v) is 2.30. The van der Waals surface area contributed by atoms with Gasteiger partial charge in [-0.2, -0.15) is 0 Å². The summed E-state index contributed by atoms with van der Waals surface area (Å²) in [7, 11) is 0. The van der Waals surface area contributed by atoms with Gasteiger partial charge in [-0.1, -0.05) is 18.6 Å². The minimum atomic E-state index is -1.25. The number of hydrogen-bond acceptors (Lipinski definition) is 11. The number of hydrogen-bond donors (Lipinski definition) is 5. The van der Waals surface area contributed by atoms with Crippen LogP contribution in [-0.4, -0.2) is 75.8 Å². The van der Waals surface area contributed by atoms with Crippen molar-refractivity contribution in [2.45, 2.75) is 38.1 Å². The molecular formula is C19H28N2O10. The maximum Gasteiger partial charge on any atom is 0.342 e. The average molecular weight is 444 g/mol. The van der Waals surface area contributed by atoms with Crippen LogP contribution in [0.4, 0.5) is 0 Å². The highest BCUT2D eigenvalue weighted by molar-refractivity contribution is 5.94. The number of aliphatic hydroxyl groups excluding tert-OH is 2. The molecule has 174 valence electrons. The van der Waals surface area contributed by atoms with Crippen LogP contribution in [0.5, 0.6) is 5.75 Å². The number of unbranched alkanes of at least 4 members (excludes halogenated alkanes) is 2.